The molecule has 1 atom stereocenters. The number of hydrogen-bond donors (Lipinski definition) is 1. The van der Waals surface area contributed by atoms with Crippen molar-refractivity contribution in [2.45, 2.75) is 26.2 Å². The molecular formula is C18H18ClFN4O3. The van der Waals surface area contributed by atoms with E-state index in [-0.39, 0.29) is 28.0 Å². The van der Waals surface area contributed by atoms with E-state index in [9.17, 15) is 19.1 Å². The molecule has 1 aliphatic heterocycles. The van der Waals surface area contributed by atoms with Gasteiger partial charge in [0.1, 0.15) is 5.82 Å². The maximum absolute atomic E-state index is 13.4. The van der Waals surface area contributed by atoms with Crippen molar-refractivity contribution in [2.75, 3.05) is 13.1 Å². The highest BCUT2D eigenvalue weighted by Gasteiger charge is 2.59. The maximum Gasteiger partial charge on any atom is 0.307 e. The van der Waals surface area contributed by atoms with Crippen LogP contribution in [-0.4, -0.2) is 50.0 Å². The number of rotatable bonds is 3. The molecule has 2 aliphatic rings. The lowest BCUT2D eigenvalue weighted by Crippen LogP contribution is -2.40. The fourth-order valence-corrected chi connectivity index (χ4v) is 4.12. The van der Waals surface area contributed by atoms with Crippen LogP contribution in [0.1, 0.15) is 35.4 Å². The maximum atomic E-state index is 13.4. The van der Waals surface area contributed by atoms with Crippen molar-refractivity contribution in [3.05, 3.63) is 40.4 Å². The summed E-state index contributed by atoms with van der Waals surface area (Å²) in [6, 6.07) is 4.18. The van der Waals surface area contributed by atoms with E-state index in [0.717, 1.165) is 0 Å². The zero-order valence-corrected chi connectivity index (χ0v) is 15.4. The molecular weight excluding hydrogens is 375 g/mol. The molecule has 0 radical (unpaired) electrons. The predicted octanol–water partition coefficient (Wildman–Crippen LogP) is 2.70. The molecule has 1 aromatic heterocycles. The van der Waals surface area contributed by atoms with Crippen molar-refractivity contribution in [1.29, 1.82) is 0 Å². The standard InChI is InChI=1S/C18H18ClFN4O3/c1-10-15(21-22-24(10)11-2-3-14(20)13(19)8-11)16(25)23-6-4-18(5-7-23)9-12(18)17(26)27/h2-3,8,12H,4-7,9H2,1H3,(H,26,27). The molecule has 27 heavy (non-hydrogen) atoms. The van der Waals surface area contributed by atoms with Gasteiger partial charge in [-0.05, 0) is 49.8 Å². The number of nitrogens with zero attached hydrogens (tertiary/aromatic N) is 4. The summed E-state index contributed by atoms with van der Waals surface area (Å²) in [6.45, 7) is 2.74. The third kappa shape index (κ3) is 2.97. The molecule has 1 spiro atoms. The van der Waals surface area contributed by atoms with Crippen LogP contribution < -0.4 is 0 Å². The van der Waals surface area contributed by atoms with Crippen LogP contribution in [0.5, 0.6) is 0 Å². The van der Waals surface area contributed by atoms with Gasteiger partial charge in [-0.25, -0.2) is 9.07 Å². The summed E-state index contributed by atoms with van der Waals surface area (Å²) < 4.78 is 14.8. The van der Waals surface area contributed by atoms with Crippen LogP contribution in [0, 0.1) is 24.1 Å². The highest BCUT2D eigenvalue weighted by Crippen LogP contribution is 2.59. The largest absolute Gasteiger partial charge is 0.481 e. The Bertz CT molecular complexity index is 937. The minimum Gasteiger partial charge on any atom is -0.481 e. The smallest absolute Gasteiger partial charge is 0.307 e. The molecule has 4 rings (SSSR count). The molecule has 1 saturated heterocycles. The number of likely N-dealkylation sites (tertiary alicyclic amines) is 1. The van der Waals surface area contributed by atoms with Crippen LogP contribution in [-0.2, 0) is 4.79 Å². The molecule has 1 amide bonds. The zero-order chi connectivity index (χ0) is 19.3. The van der Waals surface area contributed by atoms with Crippen LogP contribution in [0.3, 0.4) is 0 Å². The number of aliphatic carboxylic acids is 1. The average Bonchev–Trinajstić information content (AvgIpc) is 3.21. The predicted molar refractivity (Wildman–Crippen MR) is 94.4 cm³/mol. The highest BCUT2D eigenvalue weighted by atomic mass is 35.5. The second-order valence-electron chi connectivity index (χ2n) is 7.28. The van der Waals surface area contributed by atoms with Gasteiger partial charge in [0.2, 0.25) is 0 Å². The molecule has 2 heterocycles. The van der Waals surface area contributed by atoms with E-state index >= 15 is 0 Å². The number of carboxylic acid groups (broad SMARTS) is 1. The van der Waals surface area contributed by atoms with Gasteiger partial charge in [-0.3, -0.25) is 9.59 Å². The lowest BCUT2D eigenvalue weighted by atomic mass is 9.90. The SMILES string of the molecule is Cc1c(C(=O)N2CCC3(CC2)CC3C(=O)O)nnn1-c1ccc(F)c(Cl)c1. The van der Waals surface area contributed by atoms with E-state index < -0.39 is 11.8 Å². The molecule has 2 fully saturated rings. The van der Waals surface area contributed by atoms with E-state index in [2.05, 4.69) is 10.3 Å². The molecule has 0 bridgehead atoms. The van der Waals surface area contributed by atoms with Gasteiger partial charge in [0.05, 0.1) is 22.3 Å². The van der Waals surface area contributed by atoms with Crippen molar-refractivity contribution in [3.63, 3.8) is 0 Å². The fraction of sp³-hybridized carbons (Fsp3) is 0.444. The van der Waals surface area contributed by atoms with E-state index in [1.807, 2.05) is 0 Å². The fourth-order valence-electron chi connectivity index (χ4n) is 3.94. The van der Waals surface area contributed by atoms with Crippen molar-refractivity contribution < 1.29 is 19.1 Å². The number of hydrogen-bond acceptors (Lipinski definition) is 4. The number of carbonyl (C=O) groups is 2. The molecule has 7 nitrogen and oxygen atoms in total. The van der Waals surface area contributed by atoms with Crippen LogP contribution in [0.25, 0.3) is 5.69 Å². The van der Waals surface area contributed by atoms with Crippen molar-refractivity contribution >= 4 is 23.5 Å². The molecule has 1 aliphatic carbocycles. The summed E-state index contributed by atoms with van der Waals surface area (Å²) in [7, 11) is 0. The number of carbonyl (C=O) groups excluding carboxylic acids is 1. The summed E-state index contributed by atoms with van der Waals surface area (Å²) >= 11 is 5.82. The second kappa shape index (κ2) is 6.30. The van der Waals surface area contributed by atoms with Gasteiger partial charge in [0, 0.05) is 13.1 Å². The van der Waals surface area contributed by atoms with E-state index in [0.29, 0.717) is 43.7 Å². The van der Waals surface area contributed by atoms with E-state index in [4.69, 9.17) is 11.6 Å². The summed E-state index contributed by atoms with van der Waals surface area (Å²) in [6.07, 6.45) is 2.08. The molecule has 142 valence electrons. The summed E-state index contributed by atoms with van der Waals surface area (Å²) in [5, 5.41) is 17.2. The van der Waals surface area contributed by atoms with Crippen LogP contribution >= 0.6 is 11.6 Å². The Morgan fingerprint density at radius 3 is 2.63 bits per heavy atom. The Labute approximate surface area is 159 Å². The molecule has 1 unspecified atom stereocenters. The monoisotopic (exact) mass is 392 g/mol. The van der Waals surface area contributed by atoms with Crippen molar-refractivity contribution in [2.24, 2.45) is 11.3 Å². The molecule has 1 saturated carbocycles. The Balaban J connectivity index is 1.50. The van der Waals surface area contributed by atoms with Gasteiger partial charge in [-0.1, -0.05) is 16.8 Å². The Morgan fingerprint density at radius 1 is 1.33 bits per heavy atom. The third-order valence-electron chi connectivity index (χ3n) is 5.78. The first-order chi connectivity index (χ1) is 12.8. The van der Waals surface area contributed by atoms with E-state index in [1.165, 1.54) is 22.9 Å². The lowest BCUT2D eigenvalue weighted by Gasteiger charge is -2.32. The third-order valence-corrected chi connectivity index (χ3v) is 6.07. The summed E-state index contributed by atoms with van der Waals surface area (Å²) in [5.74, 6) is -1.78. The first-order valence-corrected chi connectivity index (χ1v) is 9.10. The quantitative estimate of drug-likeness (QED) is 0.867. The number of amides is 1. The average molecular weight is 393 g/mol. The lowest BCUT2D eigenvalue weighted by molar-refractivity contribution is -0.139. The molecule has 9 heteroatoms. The minimum atomic E-state index is -0.744. The number of carboxylic acids is 1. The number of piperidine rings is 1. The van der Waals surface area contributed by atoms with Gasteiger partial charge in [-0.2, -0.15) is 0 Å². The molecule has 1 N–H and O–H groups in total. The van der Waals surface area contributed by atoms with Gasteiger partial charge in [-0.15, -0.1) is 5.10 Å². The topological polar surface area (TPSA) is 88.3 Å². The number of aromatic nitrogens is 3. The normalized spacial score (nSPS) is 20.7. The summed E-state index contributed by atoms with van der Waals surface area (Å²) in [5.41, 5.74) is 1.15. The van der Waals surface area contributed by atoms with Gasteiger partial charge in [0.25, 0.3) is 5.91 Å². The van der Waals surface area contributed by atoms with E-state index in [1.54, 1.807) is 11.8 Å². The number of benzene rings is 1. The zero-order valence-electron chi connectivity index (χ0n) is 14.7. The van der Waals surface area contributed by atoms with Crippen molar-refractivity contribution in [1.82, 2.24) is 19.9 Å². The first-order valence-electron chi connectivity index (χ1n) is 8.72. The number of halogens is 2. The van der Waals surface area contributed by atoms with Crippen LogP contribution in [0.2, 0.25) is 5.02 Å². The van der Waals surface area contributed by atoms with Gasteiger partial charge >= 0.3 is 5.97 Å². The first kappa shape index (κ1) is 17.9. The Hall–Kier alpha value is -2.48. The van der Waals surface area contributed by atoms with Crippen LogP contribution in [0.4, 0.5) is 4.39 Å². The van der Waals surface area contributed by atoms with Crippen LogP contribution in [0.15, 0.2) is 18.2 Å². The Morgan fingerprint density at radius 2 is 2.04 bits per heavy atom. The minimum absolute atomic E-state index is 0.0333. The molecule has 2 aromatic rings. The summed E-state index contributed by atoms with van der Waals surface area (Å²) in [4.78, 5) is 25.7. The highest BCUT2D eigenvalue weighted by molar-refractivity contribution is 6.30. The molecule has 1 aromatic carbocycles. The Kier molecular flexibility index (Phi) is 4.18. The second-order valence-corrected chi connectivity index (χ2v) is 7.69. The van der Waals surface area contributed by atoms with Gasteiger partial charge < -0.3 is 10.0 Å². The van der Waals surface area contributed by atoms with Gasteiger partial charge in [0.15, 0.2) is 5.69 Å². The van der Waals surface area contributed by atoms with Crippen molar-refractivity contribution in [3.8, 4) is 5.69 Å².